The van der Waals surface area contributed by atoms with Crippen LogP contribution in [0.5, 0.6) is 0 Å². The van der Waals surface area contributed by atoms with E-state index in [1.54, 1.807) is 31.3 Å². The Morgan fingerprint density at radius 3 is 2.73 bits per heavy atom. The Hall–Kier alpha value is -2.10. The second-order valence-electron chi connectivity index (χ2n) is 3.04. The minimum Gasteiger partial charge on any atom is -0.440 e. The number of para-hydroxylation sites is 1. The van der Waals surface area contributed by atoms with E-state index in [0.29, 0.717) is 17.3 Å². The molecule has 1 aromatic heterocycles. The van der Waals surface area contributed by atoms with Crippen molar-refractivity contribution in [1.29, 1.82) is 0 Å². The van der Waals surface area contributed by atoms with Gasteiger partial charge in [-0.3, -0.25) is 9.59 Å². The monoisotopic (exact) mass is 203 g/mol. The van der Waals surface area contributed by atoms with Crippen LogP contribution in [-0.4, -0.2) is 13.3 Å². The minimum absolute atomic E-state index is 0.0243. The Bertz CT molecular complexity index is 572. The molecule has 2 rings (SSSR count). The van der Waals surface area contributed by atoms with E-state index in [1.165, 1.54) is 0 Å². The maximum absolute atomic E-state index is 11.8. The fourth-order valence-corrected chi connectivity index (χ4v) is 1.45. The zero-order chi connectivity index (χ0) is 10.8. The SMILES string of the molecule is CNc1oc2ccccc2c(=O)c1C=O. The molecule has 1 heterocycles. The third-order valence-corrected chi connectivity index (χ3v) is 2.18. The zero-order valence-corrected chi connectivity index (χ0v) is 8.11. The molecule has 15 heavy (non-hydrogen) atoms. The lowest BCUT2D eigenvalue weighted by Crippen LogP contribution is -2.11. The molecule has 0 atom stereocenters. The number of benzene rings is 1. The largest absolute Gasteiger partial charge is 0.440 e. The highest BCUT2D eigenvalue weighted by Crippen LogP contribution is 2.17. The summed E-state index contributed by atoms with van der Waals surface area (Å²) in [5.74, 6) is 0.203. The van der Waals surface area contributed by atoms with Crippen LogP contribution in [0.2, 0.25) is 0 Å². The molecule has 0 bridgehead atoms. The van der Waals surface area contributed by atoms with E-state index < -0.39 is 0 Å². The maximum Gasteiger partial charge on any atom is 0.207 e. The molecule has 0 aliphatic rings. The van der Waals surface area contributed by atoms with Crippen molar-refractivity contribution in [2.75, 3.05) is 12.4 Å². The van der Waals surface area contributed by atoms with Crippen LogP contribution in [0.4, 0.5) is 5.88 Å². The van der Waals surface area contributed by atoms with Gasteiger partial charge in [0.15, 0.2) is 6.29 Å². The van der Waals surface area contributed by atoms with Crippen molar-refractivity contribution in [2.45, 2.75) is 0 Å². The third-order valence-electron chi connectivity index (χ3n) is 2.18. The average Bonchev–Trinajstić information content (AvgIpc) is 2.29. The molecule has 0 radical (unpaired) electrons. The van der Waals surface area contributed by atoms with Gasteiger partial charge in [-0.25, -0.2) is 0 Å². The maximum atomic E-state index is 11.8. The van der Waals surface area contributed by atoms with Crippen molar-refractivity contribution in [3.05, 3.63) is 40.1 Å². The van der Waals surface area contributed by atoms with E-state index in [1.807, 2.05) is 0 Å². The smallest absolute Gasteiger partial charge is 0.207 e. The molecule has 76 valence electrons. The highest BCUT2D eigenvalue weighted by Gasteiger charge is 2.11. The van der Waals surface area contributed by atoms with Gasteiger partial charge in [-0.15, -0.1) is 0 Å². The van der Waals surface area contributed by atoms with Gasteiger partial charge >= 0.3 is 0 Å². The van der Waals surface area contributed by atoms with Gasteiger partial charge < -0.3 is 9.73 Å². The molecule has 4 heteroatoms. The highest BCUT2D eigenvalue weighted by molar-refractivity contribution is 5.89. The summed E-state index contributed by atoms with van der Waals surface area (Å²) in [5.41, 5.74) is 0.185. The van der Waals surface area contributed by atoms with E-state index in [9.17, 15) is 9.59 Å². The predicted molar refractivity (Wildman–Crippen MR) is 57.4 cm³/mol. The molecule has 4 nitrogen and oxygen atoms in total. The van der Waals surface area contributed by atoms with Crippen LogP contribution in [0.3, 0.4) is 0 Å². The zero-order valence-electron chi connectivity index (χ0n) is 8.11. The number of hydrogen-bond acceptors (Lipinski definition) is 4. The van der Waals surface area contributed by atoms with Gasteiger partial charge in [-0.1, -0.05) is 12.1 Å². The summed E-state index contributed by atoms with van der Waals surface area (Å²) in [7, 11) is 1.60. The number of rotatable bonds is 2. The Labute approximate surface area is 85.5 Å². The van der Waals surface area contributed by atoms with Crippen LogP contribution < -0.4 is 10.7 Å². The van der Waals surface area contributed by atoms with Crippen molar-refractivity contribution in [3.8, 4) is 0 Å². The Balaban J connectivity index is 2.94. The van der Waals surface area contributed by atoms with E-state index >= 15 is 0 Å². The highest BCUT2D eigenvalue weighted by atomic mass is 16.3. The molecule has 0 amide bonds. The molecule has 1 N–H and O–H groups in total. The van der Waals surface area contributed by atoms with Gasteiger partial charge in [0.05, 0.1) is 5.39 Å². The molecule has 0 aliphatic carbocycles. The number of anilines is 1. The molecular weight excluding hydrogens is 194 g/mol. The van der Waals surface area contributed by atoms with Gasteiger partial charge in [0.2, 0.25) is 11.3 Å². The first-order chi connectivity index (χ1) is 7.27. The normalized spacial score (nSPS) is 10.2. The van der Waals surface area contributed by atoms with Gasteiger partial charge in [0.1, 0.15) is 11.1 Å². The third kappa shape index (κ3) is 1.40. The van der Waals surface area contributed by atoms with E-state index in [2.05, 4.69) is 5.32 Å². The lowest BCUT2D eigenvalue weighted by atomic mass is 10.2. The van der Waals surface area contributed by atoms with Crippen molar-refractivity contribution in [3.63, 3.8) is 0 Å². The summed E-state index contributed by atoms with van der Waals surface area (Å²) in [6.45, 7) is 0. The van der Waals surface area contributed by atoms with Crippen molar-refractivity contribution in [2.24, 2.45) is 0 Å². The number of fused-ring (bicyclic) bond motifs is 1. The molecule has 1 aromatic carbocycles. The quantitative estimate of drug-likeness (QED) is 0.754. The number of nitrogens with one attached hydrogen (secondary N) is 1. The number of aldehydes is 1. The summed E-state index contributed by atoms with van der Waals surface area (Å²) >= 11 is 0. The van der Waals surface area contributed by atoms with Crippen LogP contribution in [0.1, 0.15) is 10.4 Å². The molecule has 0 fully saturated rings. The first kappa shape index (κ1) is 9.45. The minimum atomic E-state index is -0.309. The second kappa shape index (κ2) is 3.57. The summed E-state index contributed by atoms with van der Waals surface area (Å²) in [6, 6.07) is 6.82. The van der Waals surface area contributed by atoms with E-state index in [-0.39, 0.29) is 16.9 Å². The van der Waals surface area contributed by atoms with Gasteiger partial charge in [-0.2, -0.15) is 0 Å². The van der Waals surface area contributed by atoms with E-state index in [4.69, 9.17) is 4.42 Å². The topological polar surface area (TPSA) is 59.3 Å². The molecular formula is C11H9NO3. The van der Waals surface area contributed by atoms with Gasteiger partial charge in [0.25, 0.3) is 0 Å². The van der Waals surface area contributed by atoms with Gasteiger partial charge in [0, 0.05) is 7.05 Å². The first-order valence-electron chi connectivity index (χ1n) is 4.46. The van der Waals surface area contributed by atoms with E-state index in [0.717, 1.165) is 0 Å². The Morgan fingerprint density at radius 1 is 1.33 bits per heavy atom. The van der Waals surface area contributed by atoms with Crippen LogP contribution in [0.15, 0.2) is 33.5 Å². The van der Waals surface area contributed by atoms with Crippen molar-refractivity contribution in [1.82, 2.24) is 0 Å². The fraction of sp³-hybridized carbons (Fsp3) is 0.0909. The Morgan fingerprint density at radius 2 is 2.07 bits per heavy atom. The summed E-state index contributed by atoms with van der Waals surface area (Å²) in [4.78, 5) is 22.6. The lowest BCUT2D eigenvalue weighted by molar-refractivity contribution is 0.112. The second-order valence-corrected chi connectivity index (χ2v) is 3.04. The molecule has 0 aliphatic heterocycles. The van der Waals surface area contributed by atoms with Crippen LogP contribution >= 0.6 is 0 Å². The summed E-state index contributed by atoms with van der Waals surface area (Å²) in [6.07, 6.45) is 0.504. The molecule has 2 aromatic rings. The number of carbonyl (C=O) groups is 1. The predicted octanol–water partition coefficient (Wildman–Crippen LogP) is 1.65. The lowest BCUT2D eigenvalue weighted by Gasteiger charge is -2.03. The van der Waals surface area contributed by atoms with Crippen LogP contribution in [0, 0.1) is 0 Å². The first-order valence-corrected chi connectivity index (χ1v) is 4.46. The summed E-state index contributed by atoms with van der Waals surface area (Å²) < 4.78 is 5.37. The summed E-state index contributed by atoms with van der Waals surface area (Å²) in [5, 5.41) is 3.10. The Kier molecular flexibility index (Phi) is 2.25. The van der Waals surface area contributed by atoms with Crippen LogP contribution in [0.25, 0.3) is 11.0 Å². The molecule has 0 saturated heterocycles. The average molecular weight is 203 g/mol. The van der Waals surface area contributed by atoms with Gasteiger partial charge in [-0.05, 0) is 12.1 Å². The van der Waals surface area contributed by atoms with Crippen LogP contribution in [-0.2, 0) is 0 Å². The molecule has 0 unspecified atom stereocenters. The number of hydrogen-bond donors (Lipinski definition) is 1. The van der Waals surface area contributed by atoms with Crippen molar-refractivity contribution >= 4 is 23.1 Å². The molecule has 0 spiro atoms. The van der Waals surface area contributed by atoms with Crippen molar-refractivity contribution < 1.29 is 9.21 Å². The standard InChI is InChI=1S/C11H9NO3/c1-12-11-8(6-13)10(14)7-4-2-3-5-9(7)15-11/h2-6,12H,1H3. The fourth-order valence-electron chi connectivity index (χ4n) is 1.45. The molecule has 0 saturated carbocycles. The number of carbonyl (C=O) groups excluding carboxylic acids is 1.